The van der Waals surface area contributed by atoms with Crippen molar-refractivity contribution < 1.29 is 28.6 Å². The lowest BCUT2D eigenvalue weighted by molar-refractivity contribution is -0.167. The minimum absolute atomic E-state index is 0.0781. The highest BCUT2D eigenvalue weighted by molar-refractivity contribution is 5.71. The number of hydrogen-bond donors (Lipinski definition) is 0. The molecule has 0 spiro atoms. The van der Waals surface area contributed by atoms with E-state index in [4.69, 9.17) is 14.2 Å². The summed E-state index contributed by atoms with van der Waals surface area (Å²) in [6, 6.07) is 0. The first-order valence-electron chi connectivity index (χ1n) is 25.0. The van der Waals surface area contributed by atoms with E-state index in [1.807, 2.05) is 0 Å². The second kappa shape index (κ2) is 47.3. The van der Waals surface area contributed by atoms with Gasteiger partial charge in [-0.05, 0) is 70.6 Å². The Labute approximate surface area is 359 Å². The predicted octanol–water partition coefficient (Wildman–Crippen LogP) is 16.1. The Morgan fingerprint density at radius 3 is 1.03 bits per heavy atom. The van der Waals surface area contributed by atoms with Crippen LogP contribution in [-0.4, -0.2) is 37.2 Å². The average molecular weight is 815 g/mol. The van der Waals surface area contributed by atoms with Crippen LogP contribution >= 0.6 is 0 Å². The summed E-state index contributed by atoms with van der Waals surface area (Å²) < 4.78 is 16.7. The third-order valence-electron chi connectivity index (χ3n) is 10.8. The molecular formula is C52H94O6. The van der Waals surface area contributed by atoms with Crippen LogP contribution in [0.2, 0.25) is 0 Å². The fraction of sp³-hybridized carbons (Fsp3) is 0.827. The van der Waals surface area contributed by atoms with E-state index < -0.39 is 6.10 Å². The number of esters is 3. The molecule has 6 heteroatoms. The molecule has 0 aliphatic carbocycles. The lowest BCUT2D eigenvalue weighted by Gasteiger charge is -2.18. The number of carbonyl (C=O) groups is 3. The molecule has 58 heavy (non-hydrogen) atoms. The van der Waals surface area contributed by atoms with Gasteiger partial charge in [-0.15, -0.1) is 0 Å². The largest absolute Gasteiger partial charge is 0.462 e. The van der Waals surface area contributed by atoms with Crippen LogP contribution in [0, 0.1) is 0 Å². The van der Waals surface area contributed by atoms with Crippen LogP contribution in [-0.2, 0) is 28.6 Å². The van der Waals surface area contributed by atoms with Gasteiger partial charge in [0.15, 0.2) is 6.10 Å². The Morgan fingerprint density at radius 2 is 0.655 bits per heavy atom. The maximum Gasteiger partial charge on any atom is 0.306 e. The monoisotopic (exact) mass is 815 g/mol. The summed E-state index contributed by atoms with van der Waals surface area (Å²) in [5.74, 6) is -0.895. The summed E-state index contributed by atoms with van der Waals surface area (Å²) in [5.41, 5.74) is 0. The number of allylic oxidation sites excluding steroid dienone is 6. The third-order valence-corrected chi connectivity index (χ3v) is 10.8. The molecule has 0 aliphatic rings. The van der Waals surface area contributed by atoms with Crippen LogP contribution in [0.5, 0.6) is 0 Å². The van der Waals surface area contributed by atoms with Crippen molar-refractivity contribution in [3.8, 4) is 0 Å². The van der Waals surface area contributed by atoms with E-state index in [1.165, 1.54) is 122 Å². The van der Waals surface area contributed by atoms with Gasteiger partial charge in [-0.2, -0.15) is 0 Å². The number of ether oxygens (including phenoxy) is 3. The van der Waals surface area contributed by atoms with Gasteiger partial charge in [-0.1, -0.05) is 205 Å². The molecule has 0 aliphatic heterocycles. The first-order chi connectivity index (χ1) is 28.5. The summed E-state index contributed by atoms with van der Waals surface area (Å²) in [6.45, 7) is 6.56. The summed E-state index contributed by atoms with van der Waals surface area (Å²) >= 11 is 0. The van der Waals surface area contributed by atoms with Gasteiger partial charge in [0, 0.05) is 19.3 Å². The van der Waals surface area contributed by atoms with Gasteiger partial charge in [0.25, 0.3) is 0 Å². The van der Waals surface area contributed by atoms with Gasteiger partial charge >= 0.3 is 17.9 Å². The lowest BCUT2D eigenvalue weighted by Crippen LogP contribution is -2.30. The molecule has 0 amide bonds. The van der Waals surface area contributed by atoms with E-state index in [0.29, 0.717) is 19.3 Å². The summed E-state index contributed by atoms with van der Waals surface area (Å²) in [4.78, 5) is 37.8. The van der Waals surface area contributed by atoms with E-state index in [2.05, 4.69) is 57.2 Å². The fourth-order valence-corrected chi connectivity index (χ4v) is 7.06. The quantitative estimate of drug-likeness (QED) is 0.0264. The zero-order chi connectivity index (χ0) is 42.3. The van der Waals surface area contributed by atoms with Crippen molar-refractivity contribution in [1.82, 2.24) is 0 Å². The van der Waals surface area contributed by atoms with Crippen molar-refractivity contribution in [2.24, 2.45) is 0 Å². The summed E-state index contributed by atoms with van der Waals surface area (Å²) in [7, 11) is 0. The molecule has 338 valence electrons. The summed E-state index contributed by atoms with van der Waals surface area (Å²) in [5, 5.41) is 0. The van der Waals surface area contributed by atoms with Gasteiger partial charge in [-0.25, -0.2) is 0 Å². The molecule has 0 bridgehead atoms. The van der Waals surface area contributed by atoms with Crippen LogP contribution in [0.3, 0.4) is 0 Å². The van der Waals surface area contributed by atoms with Crippen LogP contribution in [0.15, 0.2) is 36.5 Å². The molecule has 0 aromatic heterocycles. The van der Waals surface area contributed by atoms with Crippen molar-refractivity contribution >= 4 is 17.9 Å². The molecule has 0 rings (SSSR count). The highest BCUT2D eigenvalue weighted by Crippen LogP contribution is 2.15. The molecule has 1 atom stereocenters. The van der Waals surface area contributed by atoms with Crippen LogP contribution in [0.4, 0.5) is 0 Å². The van der Waals surface area contributed by atoms with Crippen LogP contribution < -0.4 is 0 Å². The van der Waals surface area contributed by atoms with Crippen LogP contribution in [0.25, 0.3) is 0 Å². The molecule has 1 unspecified atom stereocenters. The molecule has 0 heterocycles. The molecule has 6 nitrogen and oxygen atoms in total. The second-order valence-electron chi connectivity index (χ2n) is 16.7. The Hall–Kier alpha value is -2.37. The smallest absolute Gasteiger partial charge is 0.306 e. The Balaban J connectivity index is 4.37. The Kier molecular flexibility index (Phi) is 45.4. The molecule has 0 aromatic rings. The van der Waals surface area contributed by atoms with Crippen molar-refractivity contribution in [2.75, 3.05) is 13.2 Å². The van der Waals surface area contributed by atoms with E-state index in [-0.39, 0.29) is 31.1 Å². The molecule has 0 saturated carbocycles. The van der Waals surface area contributed by atoms with Crippen molar-refractivity contribution in [3.63, 3.8) is 0 Å². The van der Waals surface area contributed by atoms with Gasteiger partial charge in [0.05, 0.1) is 0 Å². The standard InChI is InChI=1S/C52H94O6/c1-4-7-10-13-16-19-22-24-25-26-28-30-33-36-39-42-45-51(54)57-48-49(47-56-50(53)44-41-38-35-32-29-21-18-15-12-9-6-3)58-52(55)46-43-40-37-34-31-27-23-20-17-14-11-8-5-2/h11,14,20,23,25-26,49H,4-10,12-13,15-19,21-22,24,27-48H2,1-3H3/b14-11-,23-20-,26-25-. The SMILES string of the molecule is CCC/C=C\C/C=C\CCCCCCCC(=O)OC(COC(=O)CCCCCCC/C=C\CCCCCCCCC)COC(=O)CCCCCCCCCCCCC. The van der Waals surface area contributed by atoms with Crippen molar-refractivity contribution in [2.45, 2.75) is 264 Å². The Morgan fingerprint density at radius 1 is 0.345 bits per heavy atom. The molecule has 0 saturated heterocycles. The number of hydrogen-bond acceptors (Lipinski definition) is 6. The minimum Gasteiger partial charge on any atom is -0.462 e. The normalized spacial score (nSPS) is 12.3. The molecule has 0 radical (unpaired) electrons. The number of rotatable bonds is 45. The molecule has 0 aromatic carbocycles. The second-order valence-corrected chi connectivity index (χ2v) is 16.7. The third kappa shape index (κ3) is 44.7. The summed E-state index contributed by atoms with van der Waals surface area (Å²) in [6.07, 6.45) is 54.1. The van der Waals surface area contributed by atoms with Gasteiger partial charge in [0.2, 0.25) is 0 Å². The Bertz CT molecular complexity index is 984. The maximum atomic E-state index is 12.7. The van der Waals surface area contributed by atoms with Gasteiger partial charge in [-0.3, -0.25) is 14.4 Å². The first kappa shape index (κ1) is 55.6. The average Bonchev–Trinajstić information content (AvgIpc) is 3.22. The molecule has 0 N–H and O–H groups in total. The zero-order valence-electron chi connectivity index (χ0n) is 38.6. The van der Waals surface area contributed by atoms with E-state index >= 15 is 0 Å². The van der Waals surface area contributed by atoms with E-state index in [9.17, 15) is 14.4 Å². The highest BCUT2D eigenvalue weighted by Gasteiger charge is 2.19. The van der Waals surface area contributed by atoms with Crippen LogP contribution in [0.1, 0.15) is 258 Å². The van der Waals surface area contributed by atoms with Crippen molar-refractivity contribution in [1.29, 1.82) is 0 Å². The minimum atomic E-state index is -0.778. The molecular weight excluding hydrogens is 721 g/mol. The van der Waals surface area contributed by atoms with E-state index in [0.717, 1.165) is 96.3 Å². The van der Waals surface area contributed by atoms with Crippen molar-refractivity contribution in [3.05, 3.63) is 36.5 Å². The topological polar surface area (TPSA) is 78.9 Å². The fourth-order valence-electron chi connectivity index (χ4n) is 7.06. The first-order valence-corrected chi connectivity index (χ1v) is 25.0. The highest BCUT2D eigenvalue weighted by atomic mass is 16.6. The van der Waals surface area contributed by atoms with Gasteiger partial charge in [0.1, 0.15) is 13.2 Å². The van der Waals surface area contributed by atoms with Gasteiger partial charge < -0.3 is 14.2 Å². The maximum absolute atomic E-state index is 12.7. The number of unbranched alkanes of at least 4 members (excludes halogenated alkanes) is 28. The molecule has 0 fully saturated rings. The lowest BCUT2D eigenvalue weighted by atomic mass is 10.1. The number of carbonyl (C=O) groups excluding carboxylic acids is 3. The predicted molar refractivity (Wildman–Crippen MR) is 247 cm³/mol. The van der Waals surface area contributed by atoms with E-state index in [1.54, 1.807) is 0 Å². The zero-order valence-corrected chi connectivity index (χ0v) is 38.6.